The highest BCUT2D eigenvalue weighted by molar-refractivity contribution is 8.00. The number of nitrogens with one attached hydrogen (secondary N) is 1. The monoisotopic (exact) mass is 305 g/mol. The van der Waals surface area contributed by atoms with Gasteiger partial charge in [-0.1, -0.05) is 46.8 Å². The van der Waals surface area contributed by atoms with Crippen LogP contribution in [0, 0.1) is 11.8 Å². The van der Waals surface area contributed by atoms with E-state index in [4.69, 9.17) is 0 Å². The summed E-state index contributed by atoms with van der Waals surface area (Å²) in [7, 11) is 2.12. The lowest BCUT2D eigenvalue weighted by Gasteiger charge is -2.39. The number of hydrogen-bond acceptors (Lipinski definition) is 2. The minimum atomic E-state index is 0.240. The summed E-state index contributed by atoms with van der Waals surface area (Å²) in [6.07, 6.45) is 2.66. The molecule has 2 heteroatoms. The molecule has 0 aliphatic heterocycles. The lowest BCUT2D eigenvalue weighted by Crippen LogP contribution is -2.44. The summed E-state index contributed by atoms with van der Waals surface area (Å²) in [6.45, 7) is 11.6. The largest absolute Gasteiger partial charge is 0.316 e. The molecule has 21 heavy (non-hydrogen) atoms. The molecule has 1 aliphatic rings. The summed E-state index contributed by atoms with van der Waals surface area (Å²) in [6, 6.07) is 9.85. The van der Waals surface area contributed by atoms with Crippen LogP contribution in [0.15, 0.2) is 29.2 Å². The van der Waals surface area contributed by atoms with E-state index in [0.29, 0.717) is 11.3 Å². The lowest BCUT2D eigenvalue weighted by atomic mass is 9.80. The lowest BCUT2D eigenvalue weighted by molar-refractivity contribution is 0.257. The molecule has 1 N–H and O–H groups in total. The Balaban J connectivity index is 2.09. The van der Waals surface area contributed by atoms with Crippen LogP contribution < -0.4 is 5.32 Å². The smallest absolute Gasteiger partial charge is 0.0274 e. The van der Waals surface area contributed by atoms with Gasteiger partial charge in [0.1, 0.15) is 0 Å². The van der Waals surface area contributed by atoms with Crippen molar-refractivity contribution < 1.29 is 0 Å². The Labute approximate surface area is 135 Å². The first-order valence-corrected chi connectivity index (χ1v) is 9.13. The third-order valence-corrected chi connectivity index (χ3v) is 6.36. The summed E-state index contributed by atoms with van der Waals surface area (Å²) in [5.74, 6) is 1.62. The Kier molecular flexibility index (Phi) is 5.43. The van der Waals surface area contributed by atoms with Crippen molar-refractivity contribution in [3.05, 3.63) is 29.8 Å². The predicted molar refractivity (Wildman–Crippen MR) is 95.2 cm³/mol. The predicted octanol–water partition coefficient (Wildman–Crippen LogP) is 5.10. The Morgan fingerprint density at radius 1 is 1.05 bits per heavy atom. The van der Waals surface area contributed by atoms with Gasteiger partial charge in [0.05, 0.1) is 0 Å². The SMILES string of the molecule is CNC1CC(C)CC(C)C1Sc1ccc(C(C)(C)C)cc1. The van der Waals surface area contributed by atoms with Gasteiger partial charge in [-0.25, -0.2) is 0 Å². The number of rotatable bonds is 3. The van der Waals surface area contributed by atoms with E-state index in [1.165, 1.54) is 23.3 Å². The normalized spacial score (nSPS) is 30.4. The van der Waals surface area contributed by atoms with Gasteiger partial charge in [-0.05, 0) is 54.8 Å². The Morgan fingerprint density at radius 3 is 2.19 bits per heavy atom. The van der Waals surface area contributed by atoms with E-state index in [2.05, 4.69) is 83.0 Å². The maximum absolute atomic E-state index is 3.55. The molecule has 0 saturated heterocycles. The minimum Gasteiger partial charge on any atom is -0.316 e. The summed E-state index contributed by atoms with van der Waals surface area (Å²) >= 11 is 2.06. The van der Waals surface area contributed by atoms with Crippen LogP contribution in [0.5, 0.6) is 0 Å². The van der Waals surface area contributed by atoms with Gasteiger partial charge in [0.15, 0.2) is 0 Å². The maximum atomic E-state index is 3.55. The van der Waals surface area contributed by atoms with Gasteiger partial charge in [-0.3, -0.25) is 0 Å². The van der Waals surface area contributed by atoms with Gasteiger partial charge < -0.3 is 5.32 Å². The number of hydrogen-bond donors (Lipinski definition) is 1. The average Bonchev–Trinajstić information content (AvgIpc) is 2.41. The van der Waals surface area contributed by atoms with Crippen LogP contribution in [0.4, 0.5) is 0 Å². The van der Waals surface area contributed by atoms with E-state index < -0.39 is 0 Å². The molecule has 118 valence electrons. The van der Waals surface area contributed by atoms with Gasteiger partial charge >= 0.3 is 0 Å². The van der Waals surface area contributed by atoms with Crippen LogP contribution in [0.2, 0.25) is 0 Å². The number of thioether (sulfide) groups is 1. The topological polar surface area (TPSA) is 12.0 Å². The summed E-state index contributed by atoms with van der Waals surface area (Å²) in [4.78, 5) is 1.41. The standard InChI is InChI=1S/C19H31NS/c1-13-11-14(2)18(17(12-13)20-6)21-16-9-7-15(8-10-16)19(3,4)5/h7-10,13-14,17-18,20H,11-12H2,1-6H3. The van der Waals surface area contributed by atoms with Crippen LogP contribution in [-0.4, -0.2) is 18.3 Å². The Hall–Kier alpha value is -0.470. The molecule has 1 aromatic carbocycles. The van der Waals surface area contributed by atoms with Gasteiger partial charge in [0, 0.05) is 16.2 Å². The molecule has 1 saturated carbocycles. The molecule has 2 rings (SSSR count). The highest BCUT2D eigenvalue weighted by atomic mass is 32.2. The Bertz CT molecular complexity index is 446. The van der Waals surface area contributed by atoms with Crippen LogP contribution in [-0.2, 0) is 5.41 Å². The molecular formula is C19H31NS. The van der Waals surface area contributed by atoms with Crippen molar-refractivity contribution >= 4 is 11.8 Å². The third-order valence-electron chi connectivity index (χ3n) is 4.75. The second-order valence-electron chi connectivity index (χ2n) is 7.81. The molecule has 4 unspecified atom stereocenters. The first kappa shape index (κ1) is 16.9. The zero-order valence-electron chi connectivity index (χ0n) is 14.4. The second kappa shape index (κ2) is 6.75. The van der Waals surface area contributed by atoms with E-state index in [1.54, 1.807) is 0 Å². The molecule has 0 spiro atoms. The quantitative estimate of drug-likeness (QED) is 0.834. The minimum absolute atomic E-state index is 0.240. The van der Waals surface area contributed by atoms with Crippen LogP contribution >= 0.6 is 11.8 Å². The van der Waals surface area contributed by atoms with E-state index >= 15 is 0 Å². The van der Waals surface area contributed by atoms with Crippen LogP contribution in [0.1, 0.15) is 53.0 Å². The molecule has 1 fully saturated rings. The number of benzene rings is 1. The average molecular weight is 306 g/mol. The molecule has 1 aliphatic carbocycles. The van der Waals surface area contributed by atoms with E-state index in [0.717, 1.165) is 11.8 Å². The fraction of sp³-hybridized carbons (Fsp3) is 0.684. The van der Waals surface area contributed by atoms with Gasteiger partial charge in [-0.15, -0.1) is 11.8 Å². The van der Waals surface area contributed by atoms with Gasteiger partial charge in [-0.2, -0.15) is 0 Å². The van der Waals surface area contributed by atoms with Crippen LogP contribution in [0.3, 0.4) is 0 Å². The van der Waals surface area contributed by atoms with Crippen LogP contribution in [0.25, 0.3) is 0 Å². The van der Waals surface area contributed by atoms with E-state index in [9.17, 15) is 0 Å². The van der Waals surface area contributed by atoms with Gasteiger partial charge in [0.2, 0.25) is 0 Å². The molecule has 4 atom stereocenters. The molecule has 0 amide bonds. The molecule has 1 aromatic rings. The van der Waals surface area contributed by atoms with E-state index in [1.807, 2.05) is 0 Å². The van der Waals surface area contributed by atoms with Crippen molar-refractivity contribution in [3.8, 4) is 0 Å². The highest BCUT2D eigenvalue weighted by Crippen LogP contribution is 2.40. The van der Waals surface area contributed by atoms with Crippen molar-refractivity contribution in [1.29, 1.82) is 0 Å². The first-order valence-electron chi connectivity index (χ1n) is 8.25. The molecule has 0 bridgehead atoms. The summed E-state index contributed by atoms with van der Waals surface area (Å²) < 4.78 is 0. The maximum Gasteiger partial charge on any atom is 0.0274 e. The van der Waals surface area contributed by atoms with Crippen molar-refractivity contribution in [2.24, 2.45) is 11.8 Å². The van der Waals surface area contributed by atoms with Gasteiger partial charge in [0.25, 0.3) is 0 Å². The first-order chi connectivity index (χ1) is 9.81. The molecular weight excluding hydrogens is 274 g/mol. The van der Waals surface area contributed by atoms with Crippen molar-refractivity contribution in [1.82, 2.24) is 5.32 Å². The summed E-state index contributed by atoms with van der Waals surface area (Å²) in [5.41, 5.74) is 1.66. The molecule has 1 nitrogen and oxygen atoms in total. The molecule has 0 heterocycles. The highest BCUT2D eigenvalue weighted by Gasteiger charge is 2.33. The molecule has 0 aromatic heterocycles. The Morgan fingerprint density at radius 2 is 1.67 bits per heavy atom. The molecule has 0 radical (unpaired) electrons. The van der Waals surface area contributed by atoms with Crippen molar-refractivity contribution in [2.45, 2.75) is 69.1 Å². The van der Waals surface area contributed by atoms with Crippen molar-refractivity contribution in [2.75, 3.05) is 7.05 Å². The fourth-order valence-corrected chi connectivity index (χ4v) is 4.86. The third kappa shape index (κ3) is 4.26. The zero-order chi connectivity index (χ0) is 15.6. The zero-order valence-corrected chi connectivity index (χ0v) is 15.3. The fourth-order valence-electron chi connectivity index (χ4n) is 3.50. The van der Waals surface area contributed by atoms with E-state index in [-0.39, 0.29) is 5.41 Å². The van der Waals surface area contributed by atoms with Crippen molar-refractivity contribution in [3.63, 3.8) is 0 Å². The second-order valence-corrected chi connectivity index (χ2v) is 9.06. The summed E-state index contributed by atoms with van der Waals surface area (Å²) in [5, 5.41) is 4.24.